The Labute approximate surface area is 104 Å². The summed E-state index contributed by atoms with van der Waals surface area (Å²) in [6, 6.07) is -0.387. The van der Waals surface area contributed by atoms with Crippen LogP contribution in [0.2, 0.25) is 0 Å². The highest BCUT2D eigenvalue weighted by Gasteiger charge is 2.31. The molecule has 3 nitrogen and oxygen atoms in total. The molecule has 2 aliphatic rings. The van der Waals surface area contributed by atoms with Crippen molar-refractivity contribution in [2.45, 2.75) is 70.4 Å². The van der Waals surface area contributed by atoms with Crippen molar-refractivity contribution in [2.75, 3.05) is 0 Å². The molecule has 0 radical (unpaired) electrons. The maximum atomic E-state index is 11.9. The van der Waals surface area contributed by atoms with E-state index >= 15 is 0 Å². The summed E-state index contributed by atoms with van der Waals surface area (Å²) in [7, 11) is 0. The minimum atomic E-state index is -0.387. The molecule has 0 aromatic rings. The summed E-state index contributed by atoms with van der Waals surface area (Å²) in [6.45, 7) is 2.18. The lowest BCUT2D eigenvalue weighted by atomic mass is 9.85. The van der Waals surface area contributed by atoms with E-state index in [1.54, 1.807) is 0 Å². The SMILES string of the molecule is CCC1CCCCC1OC(=O)[C@@H](N)CC1CC1. The van der Waals surface area contributed by atoms with Crippen LogP contribution in [0.3, 0.4) is 0 Å². The van der Waals surface area contributed by atoms with Crippen molar-refractivity contribution < 1.29 is 9.53 Å². The third-order valence-electron chi connectivity index (χ3n) is 4.22. The third kappa shape index (κ3) is 3.70. The highest BCUT2D eigenvalue weighted by atomic mass is 16.5. The smallest absolute Gasteiger partial charge is 0.323 e. The number of esters is 1. The summed E-state index contributed by atoms with van der Waals surface area (Å²) in [5.41, 5.74) is 5.89. The van der Waals surface area contributed by atoms with Gasteiger partial charge in [0.25, 0.3) is 0 Å². The van der Waals surface area contributed by atoms with E-state index in [9.17, 15) is 4.79 Å². The first-order valence-corrected chi connectivity index (χ1v) is 7.16. The average Bonchev–Trinajstić information content (AvgIpc) is 3.13. The maximum absolute atomic E-state index is 11.9. The van der Waals surface area contributed by atoms with Crippen LogP contribution >= 0.6 is 0 Å². The molecular weight excluding hydrogens is 214 g/mol. The Bertz CT molecular complexity index is 263. The molecule has 0 aliphatic heterocycles. The largest absolute Gasteiger partial charge is 0.461 e. The van der Waals surface area contributed by atoms with Gasteiger partial charge < -0.3 is 10.5 Å². The van der Waals surface area contributed by atoms with Crippen molar-refractivity contribution in [3.63, 3.8) is 0 Å². The number of rotatable bonds is 5. The van der Waals surface area contributed by atoms with Gasteiger partial charge in [0.05, 0.1) is 0 Å². The molecule has 0 spiro atoms. The number of carbonyl (C=O) groups is 1. The fraction of sp³-hybridized carbons (Fsp3) is 0.929. The molecule has 2 unspecified atom stereocenters. The summed E-state index contributed by atoms with van der Waals surface area (Å²) in [5, 5.41) is 0. The van der Waals surface area contributed by atoms with E-state index in [1.165, 1.54) is 32.1 Å². The quantitative estimate of drug-likeness (QED) is 0.750. The second-order valence-corrected chi connectivity index (χ2v) is 5.71. The van der Waals surface area contributed by atoms with Gasteiger partial charge >= 0.3 is 5.97 Å². The van der Waals surface area contributed by atoms with Crippen LogP contribution in [0.25, 0.3) is 0 Å². The van der Waals surface area contributed by atoms with Gasteiger partial charge in [-0.05, 0) is 43.9 Å². The fourth-order valence-electron chi connectivity index (χ4n) is 2.84. The van der Waals surface area contributed by atoms with Crippen molar-refractivity contribution in [2.24, 2.45) is 17.6 Å². The Kier molecular flexibility index (Phi) is 4.43. The Morgan fingerprint density at radius 1 is 1.29 bits per heavy atom. The highest BCUT2D eigenvalue weighted by molar-refractivity contribution is 5.75. The van der Waals surface area contributed by atoms with Gasteiger partial charge in [-0.25, -0.2) is 0 Å². The predicted molar refractivity (Wildman–Crippen MR) is 67.4 cm³/mol. The molecule has 0 amide bonds. The first-order valence-electron chi connectivity index (χ1n) is 7.16. The van der Waals surface area contributed by atoms with Gasteiger partial charge in [0, 0.05) is 0 Å². The van der Waals surface area contributed by atoms with Gasteiger partial charge in [-0.3, -0.25) is 4.79 Å². The molecule has 2 fully saturated rings. The molecule has 3 heteroatoms. The van der Waals surface area contributed by atoms with Crippen LogP contribution in [0.15, 0.2) is 0 Å². The summed E-state index contributed by atoms with van der Waals surface area (Å²) < 4.78 is 5.62. The normalized spacial score (nSPS) is 30.9. The Balaban J connectivity index is 1.78. The minimum absolute atomic E-state index is 0.131. The van der Waals surface area contributed by atoms with Gasteiger partial charge in [-0.2, -0.15) is 0 Å². The number of ether oxygens (including phenoxy) is 1. The molecule has 17 heavy (non-hydrogen) atoms. The number of nitrogens with two attached hydrogens (primary N) is 1. The third-order valence-corrected chi connectivity index (χ3v) is 4.22. The molecule has 3 atom stereocenters. The van der Waals surface area contributed by atoms with Crippen LogP contribution < -0.4 is 5.73 Å². The summed E-state index contributed by atoms with van der Waals surface area (Å²) in [5.74, 6) is 1.08. The monoisotopic (exact) mass is 239 g/mol. The van der Waals surface area contributed by atoms with E-state index in [0.29, 0.717) is 11.8 Å². The topological polar surface area (TPSA) is 52.3 Å². The zero-order valence-electron chi connectivity index (χ0n) is 10.9. The van der Waals surface area contributed by atoms with Crippen LogP contribution in [-0.2, 0) is 9.53 Å². The molecule has 0 aromatic carbocycles. The van der Waals surface area contributed by atoms with E-state index in [4.69, 9.17) is 10.5 Å². The van der Waals surface area contributed by atoms with Crippen LogP contribution in [-0.4, -0.2) is 18.1 Å². The number of hydrogen-bond donors (Lipinski definition) is 1. The van der Waals surface area contributed by atoms with E-state index in [1.807, 2.05) is 0 Å². The van der Waals surface area contributed by atoms with Gasteiger partial charge in [-0.15, -0.1) is 0 Å². The zero-order chi connectivity index (χ0) is 12.3. The molecule has 2 N–H and O–H groups in total. The molecule has 2 rings (SSSR count). The Hall–Kier alpha value is -0.570. The van der Waals surface area contributed by atoms with Crippen LogP contribution in [0.1, 0.15) is 58.3 Å². The van der Waals surface area contributed by atoms with Crippen molar-refractivity contribution in [3.8, 4) is 0 Å². The van der Waals surface area contributed by atoms with E-state index < -0.39 is 0 Å². The maximum Gasteiger partial charge on any atom is 0.323 e. The number of carbonyl (C=O) groups excluding carboxylic acids is 1. The van der Waals surface area contributed by atoms with Crippen molar-refractivity contribution in [1.82, 2.24) is 0 Å². The molecule has 98 valence electrons. The highest BCUT2D eigenvalue weighted by Crippen LogP contribution is 2.34. The Morgan fingerprint density at radius 3 is 2.65 bits per heavy atom. The molecule has 0 aromatic heterocycles. The lowest BCUT2D eigenvalue weighted by Gasteiger charge is -2.31. The van der Waals surface area contributed by atoms with Crippen LogP contribution in [0, 0.1) is 11.8 Å². The molecule has 0 bridgehead atoms. The van der Waals surface area contributed by atoms with Crippen LogP contribution in [0.5, 0.6) is 0 Å². The first-order chi connectivity index (χ1) is 8.20. The van der Waals surface area contributed by atoms with Gasteiger partial charge in [0.2, 0.25) is 0 Å². The summed E-state index contributed by atoms with van der Waals surface area (Å²) in [4.78, 5) is 11.9. The average molecular weight is 239 g/mol. The summed E-state index contributed by atoms with van der Waals surface area (Å²) >= 11 is 0. The van der Waals surface area contributed by atoms with Gasteiger partial charge in [0.15, 0.2) is 0 Å². The predicted octanol–water partition coefficient (Wildman–Crippen LogP) is 2.63. The standard InChI is InChI=1S/C14H25NO2/c1-2-11-5-3-4-6-13(11)17-14(16)12(15)9-10-7-8-10/h10-13H,2-9,15H2,1H3/t11?,12-,13?/m0/s1. The second-order valence-electron chi connectivity index (χ2n) is 5.71. The van der Waals surface area contributed by atoms with Gasteiger partial charge in [0.1, 0.15) is 12.1 Å². The lowest BCUT2D eigenvalue weighted by molar-refractivity contribution is -0.155. The first kappa shape index (κ1) is 12.9. The van der Waals surface area contributed by atoms with Crippen molar-refractivity contribution in [3.05, 3.63) is 0 Å². The van der Waals surface area contributed by atoms with E-state index in [-0.39, 0.29) is 18.1 Å². The molecule has 0 saturated heterocycles. The second kappa shape index (κ2) is 5.85. The fourth-order valence-corrected chi connectivity index (χ4v) is 2.84. The minimum Gasteiger partial charge on any atom is -0.461 e. The van der Waals surface area contributed by atoms with E-state index in [2.05, 4.69) is 6.92 Å². The molecular formula is C14H25NO2. The molecule has 0 heterocycles. The lowest BCUT2D eigenvalue weighted by Crippen LogP contribution is -2.38. The summed E-state index contributed by atoms with van der Waals surface area (Å²) in [6.07, 6.45) is 9.23. The molecule has 2 saturated carbocycles. The zero-order valence-corrected chi connectivity index (χ0v) is 10.9. The van der Waals surface area contributed by atoms with Crippen LogP contribution in [0.4, 0.5) is 0 Å². The number of hydrogen-bond acceptors (Lipinski definition) is 3. The van der Waals surface area contributed by atoms with Gasteiger partial charge in [-0.1, -0.05) is 26.2 Å². The van der Waals surface area contributed by atoms with Crippen molar-refractivity contribution in [1.29, 1.82) is 0 Å². The molecule has 2 aliphatic carbocycles. The van der Waals surface area contributed by atoms with E-state index in [0.717, 1.165) is 19.3 Å². The Morgan fingerprint density at radius 2 is 2.00 bits per heavy atom. The van der Waals surface area contributed by atoms with Crippen molar-refractivity contribution >= 4 is 5.97 Å².